The normalized spacial score (nSPS) is 10.4. The van der Waals surface area contributed by atoms with Crippen LogP contribution in [0, 0.1) is 0 Å². The monoisotopic (exact) mass is 298 g/mol. The fourth-order valence-electron chi connectivity index (χ4n) is 1.63. The molecule has 0 saturated heterocycles. The molecule has 0 unspecified atom stereocenters. The Morgan fingerprint density at radius 3 is 2.68 bits per heavy atom. The molecule has 2 aromatic rings. The van der Waals surface area contributed by atoms with Gasteiger partial charge in [-0.05, 0) is 18.2 Å². The minimum Gasteiger partial charge on any atom is -0.480 e. The number of fused-ring (bicyclic) bond motifs is 1. The number of halogens is 2. The molecule has 0 aliphatic heterocycles. The Hall–Kier alpha value is -1.85. The van der Waals surface area contributed by atoms with Crippen LogP contribution in [0.5, 0.6) is 0 Å². The third-order valence-corrected chi connectivity index (χ3v) is 2.94. The summed E-state index contributed by atoms with van der Waals surface area (Å²) in [5, 5.41) is 12.7. The van der Waals surface area contributed by atoms with E-state index in [4.69, 9.17) is 28.3 Å². The smallest absolute Gasteiger partial charge is 0.322 e. The third kappa shape index (κ3) is 2.94. The molecule has 7 heteroatoms. The summed E-state index contributed by atoms with van der Waals surface area (Å²) in [7, 11) is 0. The molecule has 1 heterocycles. The molecular weight excluding hydrogens is 291 g/mol. The predicted octanol–water partition coefficient (Wildman–Crippen LogP) is 2.36. The highest BCUT2D eigenvalue weighted by Gasteiger charge is 2.14. The van der Waals surface area contributed by atoms with Crippen molar-refractivity contribution in [3.05, 3.63) is 40.1 Å². The van der Waals surface area contributed by atoms with Gasteiger partial charge >= 0.3 is 5.97 Å². The second-order valence-corrected chi connectivity index (χ2v) is 4.56. The highest BCUT2D eigenvalue weighted by atomic mass is 35.5. The largest absolute Gasteiger partial charge is 0.480 e. The van der Waals surface area contributed by atoms with Crippen LogP contribution in [0.4, 0.5) is 0 Å². The second kappa shape index (κ2) is 5.42. The Morgan fingerprint density at radius 1 is 1.26 bits per heavy atom. The van der Waals surface area contributed by atoms with Gasteiger partial charge in [0.1, 0.15) is 12.2 Å². The van der Waals surface area contributed by atoms with Crippen molar-refractivity contribution in [2.45, 2.75) is 0 Å². The zero-order valence-corrected chi connectivity index (χ0v) is 11.0. The van der Waals surface area contributed by atoms with Crippen molar-refractivity contribution >= 4 is 45.9 Å². The number of pyridine rings is 1. The molecule has 0 radical (unpaired) electrons. The van der Waals surface area contributed by atoms with Crippen molar-refractivity contribution in [2.24, 2.45) is 0 Å². The molecular formula is C12H8Cl2N2O3. The summed E-state index contributed by atoms with van der Waals surface area (Å²) in [5.41, 5.74) is 0.0863. The van der Waals surface area contributed by atoms with Crippen LogP contribution in [0.25, 0.3) is 10.8 Å². The first kappa shape index (κ1) is 13.6. The minimum atomic E-state index is -1.13. The quantitative estimate of drug-likeness (QED) is 0.911. The molecule has 2 rings (SSSR count). The van der Waals surface area contributed by atoms with Gasteiger partial charge in [0.2, 0.25) is 0 Å². The second-order valence-electron chi connectivity index (χ2n) is 3.72. The van der Waals surface area contributed by atoms with Gasteiger partial charge in [-0.2, -0.15) is 0 Å². The Bertz CT molecular complexity index is 673. The number of aromatic nitrogens is 1. The number of carboxylic acids is 1. The van der Waals surface area contributed by atoms with E-state index in [0.29, 0.717) is 20.8 Å². The van der Waals surface area contributed by atoms with E-state index in [-0.39, 0.29) is 5.69 Å². The van der Waals surface area contributed by atoms with E-state index in [1.165, 1.54) is 6.20 Å². The van der Waals surface area contributed by atoms with Gasteiger partial charge in [-0.25, -0.2) is 0 Å². The van der Waals surface area contributed by atoms with Crippen molar-refractivity contribution in [2.75, 3.05) is 6.54 Å². The number of carbonyl (C=O) groups excluding carboxylic acids is 1. The first-order chi connectivity index (χ1) is 8.99. The van der Waals surface area contributed by atoms with Crippen LogP contribution in [0.2, 0.25) is 10.0 Å². The van der Waals surface area contributed by atoms with Crippen molar-refractivity contribution in [3.8, 4) is 0 Å². The molecule has 1 aromatic carbocycles. The van der Waals surface area contributed by atoms with Gasteiger partial charge in [-0.1, -0.05) is 23.2 Å². The molecule has 0 bridgehead atoms. The van der Waals surface area contributed by atoms with E-state index in [2.05, 4.69) is 10.3 Å². The van der Waals surface area contributed by atoms with E-state index >= 15 is 0 Å². The molecule has 5 nitrogen and oxygen atoms in total. The molecule has 0 fully saturated rings. The number of benzene rings is 1. The van der Waals surface area contributed by atoms with Gasteiger partial charge in [0.05, 0.1) is 5.02 Å². The molecule has 1 aromatic heterocycles. The zero-order valence-electron chi connectivity index (χ0n) is 9.48. The van der Waals surface area contributed by atoms with Gasteiger partial charge < -0.3 is 10.4 Å². The zero-order chi connectivity index (χ0) is 14.0. The fourth-order valence-corrected chi connectivity index (χ4v) is 2.18. The third-order valence-electron chi connectivity index (χ3n) is 2.41. The number of nitrogens with zero attached hydrogens (tertiary/aromatic N) is 1. The average molecular weight is 299 g/mol. The summed E-state index contributed by atoms with van der Waals surface area (Å²) >= 11 is 11.9. The summed E-state index contributed by atoms with van der Waals surface area (Å²) < 4.78 is 0. The average Bonchev–Trinajstić information content (AvgIpc) is 2.35. The molecule has 0 aliphatic carbocycles. The molecule has 19 heavy (non-hydrogen) atoms. The number of rotatable bonds is 3. The maximum absolute atomic E-state index is 11.9. The molecule has 1 amide bonds. The predicted molar refractivity (Wildman–Crippen MR) is 71.7 cm³/mol. The van der Waals surface area contributed by atoms with Crippen molar-refractivity contribution in [1.82, 2.24) is 10.3 Å². The van der Waals surface area contributed by atoms with Gasteiger partial charge in [0.25, 0.3) is 5.91 Å². The van der Waals surface area contributed by atoms with Gasteiger partial charge in [-0.3, -0.25) is 14.6 Å². The molecule has 0 spiro atoms. The Morgan fingerprint density at radius 2 is 2.00 bits per heavy atom. The summed E-state index contributed by atoms with van der Waals surface area (Å²) in [6.07, 6.45) is 1.43. The van der Waals surface area contributed by atoms with Crippen molar-refractivity contribution in [3.63, 3.8) is 0 Å². The molecule has 0 aliphatic rings. The van der Waals surface area contributed by atoms with Crippen molar-refractivity contribution < 1.29 is 14.7 Å². The van der Waals surface area contributed by atoms with E-state index < -0.39 is 18.4 Å². The summed E-state index contributed by atoms with van der Waals surface area (Å²) in [6, 6.07) is 4.78. The molecule has 2 N–H and O–H groups in total. The van der Waals surface area contributed by atoms with Crippen LogP contribution in [0.3, 0.4) is 0 Å². The lowest BCUT2D eigenvalue weighted by Crippen LogP contribution is -2.30. The van der Waals surface area contributed by atoms with Gasteiger partial charge in [-0.15, -0.1) is 0 Å². The number of nitrogens with one attached hydrogen (secondary N) is 1. The number of aliphatic carboxylic acids is 1. The van der Waals surface area contributed by atoms with Crippen molar-refractivity contribution in [1.29, 1.82) is 0 Å². The van der Waals surface area contributed by atoms with Crippen LogP contribution >= 0.6 is 23.2 Å². The summed E-state index contributed by atoms with van der Waals surface area (Å²) in [6.45, 7) is -0.481. The van der Waals surface area contributed by atoms with Crippen LogP contribution in [-0.4, -0.2) is 28.5 Å². The van der Waals surface area contributed by atoms with Crippen LogP contribution in [0.1, 0.15) is 10.5 Å². The SMILES string of the molecule is O=C(O)CNC(=O)c1nccc2c(Cl)cc(Cl)cc12. The Balaban J connectivity index is 2.49. The lowest BCUT2D eigenvalue weighted by molar-refractivity contribution is -0.135. The number of hydrogen-bond acceptors (Lipinski definition) is 3. The minimum absolute atomic E-state index is 0.0863. The molecule has 98 valence electrons. The van der Waals surface area contributed by atoms with Crippen LogP contribution < -0.4 is 5.32 Å². The molecule has 0 saturated carbocycles. The first-order valence-corrected chi connectivity index (χ1v) is 5.98. The Kier molecular flexibility index (Phi) is 3.87. The molecule has 0 atom stereocenters. The highest BCUT2D eigenvalue weighted by Crippen LogP contribution is 2.29. The van der Waals surface area contributed by atoms with E-state index in [1.807, 2.05) is 0 Å². The van der Waals surface area contributed by atoms with Crippen LogP contribution in [0.15, 0.2) is 24.4 Å². The number of carbonyl (C=O) groups is 2. The standard InChI is InChI=1S/C12H8Cl2N2O3/c13-6-3-8-7(9(14)4-6)1-2-15-11(8)12(19)16-5-10(17)18/h1-4H,5H2,(H,16,19)(H,17,18). The maximum atomic E-state index is 11.9. The maximum Gasteiger partial charge on any atom is 0.322 e. The van der Waals surface area contributed by atoms with E-state index in [1.54, 1.807) is 18.2 Å². The Labute approximate surface area is 118 Å². The van der Waals surface area contributed by atoms with E-state index in [9.17, 15) is 9.59 Å². The van der Waals surface area contributed by atoms with E-state index in [0.717, 1.165) is 0 Å². The number of hydrogen-bond donors (Lipinski definition) is 2. The summed E-state index contributed by atoms with van der Waals surface area (Å²) in [5.74, 6) is -1.73. The number of amides is 1. The lowest BCUT2D eigenvalue weighted by Gasteiger charge is -2.07. The topological polar surface area (TPSA) is 79.3 Å². The first-order valence-electron chi connectivity index (χ1n) is 5.23. The van der Waals surface area contributed by atoms with Crippen LogP contribution in [-0.2, 0) is 4.79 Å². The fraction of sp³-hybridized carbons (Fsp3) is 0.0833. The van der Waals surface area contributed by atoms with Gasteiger partial charge in [0, 0.05) is 22.0 Å². The summed E-state index contributed by atoms with van der Waals surface area (Å²) in [4.78, 5) is 26.2. The lowest BCUT2D eigenvalue weighted by atomic mass is 10.1. The van der Waals surface area contributed by atoms with Gasteiger partial charge in [0.15, 0.2) is 0 Å². The highest BCUT2D eigenvalue weighted by molar-refractivity contribution is 6.39. The number of carboxylic acid groups (broad SMARTS) is 1.